The van der Waals surface area contributed by atoms with E-state index in [1.165, 1.54) is 6.20 Å². The van der Waals surface area contributed by atoms with Crippen molar-refractivity contribution in [2.75, 3.05) is 40.2 Å². The number of carbonyl (C=O) groups excluding carboxylic acids is 1. The Bertz CT molecular complexity index is 1080. The van der Waals surface area contributed by atoms with Gasteiger partial charge in [-0.1, -0.05) is 18.2 Å². The number of aromatic amines is 1. The molecule has 0 saturated heterocycles. The lowest BCUT2D eigenvalue weighted by molar-refractivity contribution is -0.117. The molecule has 4 atom stereocenters. The molecular formula is C21H26N3O8P. The molecule has 178 valence electrons. The molecule has 0 radical (unpaired) electrons. The second-order valence-electron chi connectivity index (χ2n) is 6.50. The molecule has 1 heterocycles. The zero-order valence-corrected chi connectivity index (χ0v) is 18.8. The lowest BCUT2D eigenvalue weighted by Gasteiger charge is -2.26. The summed E-state index contributed by atoms with van der Waals surface area (Å²) in [6.07, 6.45) is -0.711. The van der Waals surface area contributed by atoms with Crippen molar-refractivity contribution in [2.45, 2.75) is 18.8 Å². The second-order valence-corrected chi connectivity index (χ2v) is 7.90. The Balaban J connectivity index is 2.16. The van der Waals surface area contributed by atoms with Crippen molar-refractivity contribution in [3.05, 3.63) is 69.0 Å². The second kappa shape index (κ2) is 14.3. The summed E-state index contributed by atoms with van der Waals surface area (Å²) in [5.41, 5.74) is -1.12. The van der Waals surface area contributed by atoms with Crippen LogP contribution in [0.1, 0.15) is 25.7 Å². The SMILES string of the molecule is [2H]C([3H])OC[C@H](COP(C)OCCC#N)O[C@H](COC(=O)c1ccccc1)n1ccc(=O)[nH]c1=O. The number of hydrogen-bond acceptors (Lipinski definition) is 9. The number of nitrogens with zero attached hydrogens (tertiary/aromatic N) is 2. The highest BCUT2D eigenvalue weighted by Gasteiger charge is 2.23. The molecule has 2 unspecified atom stereocenters. The predicted molar refractivity (Wildman–Crippen MR) is 119 cm³/mol. The van der Waals surface area contributed by atoms with Gasteiger partial charge in [0.15, 0.2) is 14.6 Å². The number of aromatic nitrogens is 2. The van der Waals surface area contributed by atoms with Gasteiger partial charge in [-0.05, 0) is 12.1 Å². The topological polar surface area (TPSA) is 142 Å². The fraction of sp³-hybridized carbons (Fsp3) is 0.429. The van der Waals surface area contributed by atoms with Gasteiger partial charge < -0.3 is 23.3 Å². The van der Waals surface area contributed by atoms with E-state index in [0.29, 0.717) is 5.56 Å². The van der Waals surface area contributed by atoms with E-state index in [-0.39, 0.29) is 26.2 Å². The lowest BCUT2D eigenvalue weighted by Crippen LogP contribution is -2.38. The van der Waals surface area contributed by atoms with Crippen LogP contribution in [-0.4, -0.2) is 61.8 Å². The summed E-state index contributed by atoms with van der Waals surface area (Å²) in [6.45, 7) is 1.10. The molecule has 0 saturated carbocycles. The molecule has 1 aromatic carbocycles. The van der Waals surface area contributed by atoms with Crippen LogP contribution in [0.2, 0.25) is 0 Å². The Morgan fingerprint density at radius 2 is 2.06 bits per heavy atom. The maximum atomic E-state index is 12.4. The van der Waals surface area contributed by atoms with Crippen LogP contribution in [0.3, 0.4) is 0 Å². The van der Waals surface area contributed by atoms with Gasteiger partial charge in [0.25, 0.3) is 5.56 Å². The molecular weight excluding hydrogens is 453 g/mol. The van der Waals surface area contributed by atoms with Crippen LogP contribution in [0.25, 0.3) is 0 Å². The van der Waals surface area contributed by atoms with Crippen molar-refractivity contribution in [3.8, 4) is 6.07 Å². The van der Waals surface area contributed by atoms with Crippen molar-refractivity contribution in [3.63, 3.8) is 0 Å². The first-order valence-corrected chi connectivity index (χ1v) is 11.4. The van der Waals surface area contributed by atoms with E-state index in [2.05, 4.69) is 4.98 Å². The van der Waals surface area contributed by atoms with Gasteiger partial charge in [-0.15, -0.1) is 0 Å². The van der Waals surface area contributed by atoms with Gasteiger partial charge in [-0.3, -0.25) is 14.3 Å². The third-order valence-electron chi connectivity index (χ3n) is 4.09. The normalized spacial score (nSPS) is 15.4. The summed E-state index contributed by atoms with van der Waals surface area (Å²) in [6, 6.07) is 11.3. The Morgan fingerprint density at radius 1 is 1.27 bits per heavy atom. The van der Waals surface area contributed by atoms with Crippen LogP contribution in [0, 0.1) is 11.3 Å². The number of nitriles is 1. The minimum absolute atomic E-state index is 0.108. The maximum absolute atomic E-state index is 12.4. The third kappa shape index (κ3) is 9.26. The van der Waals surface area contributed by atoms with Crippen LogP contribution in [0.5, 0.6) is 0 Å². The van der Waals surface area contributed by atoms with Crippen LogP contribution >= 0.6 is 8.38 Å². The number of rotatable bonds is 14. The molecule has 0 fully saturated rings. The number of H-pyrrole nitrogens is 1. The first-order valence-electron chi connectivity index (χ1n) is 11.0. The Kier molecular flexibility index (Phi) is 10.1. The highest BCUT2D eigenvalue weighted by Crippen LogP contribution is 2.33. The Morgan fingerprint density at radius 3 is 2.76 bits per heavy atom. The fourth-order valence-corrected chi connectivity index (χ4v) is 3.34. The Hall–Kier alpha value is -2.87. The van der Waals surface area contributed by atoms with E-state index in [1.54, 1.807) is 37.0 Å². The number of benzene rings is 1. The molecule has 11 nitrogen and oxygen atoms in total. The molecule has 0 aliphatic carbocycles. The summed E-state index contributed by atoms with van der Waals surface area (Å²) >= 11 is 0. The third-order valence-corrected chi connectivity index (χ3v) is 5.15. The molecule has 0 aliphatic rings. The summed E-state index contributed by atoms with van der Waals surface area (Å²) in [5.74, 6) is -0.652. The smallest absolute Gasteiger partial charge is 0.338 e. The minimum Gasteiger partial charge on any atom is -0.457 e. The highest BCUT2D eigenvalue weighted by atomic mass is 31.2. The van der Waals surface area contributed by atoms with E-state index in [9.17, 15) is 14.4 Å². The van der Waals surface area contributed by atoms with Gasteiger partial charge in [0, 0.05) is 26.0 Å². The zero-order valence-electron chi connectivity index (χ0n) is 19.9. The van der Waals surface area contributed by atoms with Crippen molar-refractivity contribution in [2.24, 2.45) is 0 Å². The van der Waals surface area contributed by atoms with Gasteiger partial charge in [-0.25, -0.2) is 9.59 Å². The molecule has 2 rings (SSSR count). The van der Waals surface area contributed by atoms with Crippen LogP contribution in [0.4, 0.5) is 0 Å². The summed E-state index contributed by atoms with van der Waals surface area (Å²) in [4.78, 5) is 38.4. The van der Waals surface area contributed by atoms with Crippen LogP contribution in [0.15, 0.2) is 52.2 Å². The molecule has 1 aromatic heterocycles. The molecule has 0 spiro atoms. The number of hydrogen-bond donors (Lipinski definition) is 1. The van der Waals surface area contributed by atoms with E-state index in [1.807, 2.05) is 6.07 Å². The van der Waals surface area contributed by atoms with E-state index < -0.39 is 51.6 Å². The summed E-state index contributed by atoms with van der Waals surface area (Å²) in [7, 11) is -2.97. The van der Waals surface area contributed by atoms with E-state index >= 15 is 0 Å². The number of methoxy groups -OCH3 is 1. The van der Waals surface area contributed by atoms with Gasteiger partial charge in [0.2, 0.25) is 0 Å². The molecule has 12 heteroatoms. The quantitative estimate of drug-likeness (QED) is 0.242. The van der Waals surface area contributed by atoms with Gasteiger partial charge in [0.05, 0.1) is 40.6 Å². The van der Waals surface area contributed by atoms with Crippen LogP contribution < -0.4 is 11.2 Å². The van der Waals surface area contributed by atoms with Crippen molar-refractivity contribution in [1.82, 2.24) is 9.55 Å². The Labute approximate surface area is 194 Å². The maximum Gasteiger partial charge on any atom is 0.338 e. The summed E-state index contributed by atoms with van der Waals surface area (Å²) < 4.78 is 42.8. The first kappa shape index (κ1) is 23.3. The fourth-order valence-electron chi connectivity index (χ4n) is 2.55. The van der Waals surface area contributed by atoms with E-state index in [4.69, 9.17) is 31.3 Å². The highest BCUT2D eigenvalue weighted by molar-refractivity contribution is 7.46. The molecule has 0 amide bonds. The van der Waals surface area contributed by atoms with E-state index in [0.717, 1.165) is 10.6 Å². The lowest BCUT2D eigenvalue weighted by atomic mass is 10.2. The zero-order chi connectivity index (χ0) is 25.6. The first-order chi connectivity index (χ1) is 16.8. The molecule has 1 N–H and O–H groups in total. The number of ether oxygens (including phenoxy) is 3. The standard InChI is InChI=1S/C21H26N3O8P/c1-28-13-17(14-31-33(2)30-12-6-10-22)32-19(24-11-9-18(25)23-21(24)27)15-29-20(26)16-7-4-3-5-8-16/h3-5,7-9,11,17,19H,6,12-15H2,1-2H3,(H,23,25,27)/t17-,19-,33?/m1/s1/i1TD/t1?,17-,19-,33?. The average molecular weight is 482 g/mol. The van der Waals surface area contributed by atoms with Crippen molar-refractivity contribution < 1.29 is 30.8 Å². The van der Waals surface area contributed by atoms with Crippen molar-refractivity contribution >= 4 is 14.3 Å². The molecule has 0 aliphatic heterocycles. The number of nitrogens with one attached hydrogen (secondary N) is 1. The monoisotopic (exact) mass is 482 g/mol. The van der Waals surface area contributed by atoms with Gasteiger partial charge in [-0.2, -0.15) is 5.26 Å². The minimum atomic E-state index is -1.60. The van der Waals surface area contributed by atoms with Gasteiger partial charge in [0.1, 0.15) is 12.7 Å². The summed E-state index contributed by atoms with van der Waals surface area (Å²) in [5, 5.41) is 8.61. The number of carbonyl (C=O) groups is 1. The molecule has 0 bridgehead atoms. The van der Waals surface area contributed by atoms with Crippen molar-refractivity contribution in [1.29, 1.82) is 5.26 Å². The molecule has 2 aromatic rings. The number of esters is 1. The van der Waals surface area contributed by atoms with Gasteiger partial charge >= 0.3 is 11.7 Å². The average Bonchev–Trinajstić information content (AvgIpc) is 2.83. The largest absolute Gasteiger partial charge is 0.457 e. The molecule has 33 heavy (non-hydrogen) atoms. The predicted octanol–water partition coefficient (Wildman–Crippen LogP) is 1.81. The van der Waals surface area contributed by atoms with Crippen LogP contribution in [-0.2, 0) is 23.3 Å².